The summed E-state index contributed by atoms with van der Waals surface area (Å²) in [5, 5.41) is 14.0. The van der Waals surface area contributed by atoms with E-state index in [0.29, 0.717) is 24.9 Å². The number of carbonyl (C=O) groups excluding carboxylic acids is 2. The van der Waals surface area contributed by atoms with Crippen LogP contribution in [0.5, 0.6) is 0 Å². The highest BCUT2D eigenvalue weighted by molar-refractivity contribution is 5.99. The van der Waals surface area contributed by atoms with E-state index in [1.54, 1.807) is 18.2 Å². The number of amides is 2. The molecule has 0 bridgehead atoms. The molecule has 1 heterocycles. The molecule has 1 saturated heterocycles. The van der Waals surface area contributed by atoms with Gasteiger partial charge in [-0.3, -0.25) is 14.4 Å². The number of benzene rings is 1. The van der Waals surface area contributed by atoms with E-state index in [4.69, 9.17) is 5.11 Å². The third-order valence-corrected chi connectivity index (χ3v) is 3.13. The highest BCUT2D eigenvalue weighted by Crippen LogP contribution is 2.14. The normalized spacial score (nSPS) is 17.6. The Morgan fingerprint density at radius 2 is 2.20 bits per heavy atom. The molecule has 106 valence electrons. The van der Waals surface area contributed by atoms with Crippen LogP contribution in [-0.4, -0.2) is 28.9 Å². The molecule has 6 heteroatoms. The number of hydrogen-bond donors (Lipinski definition) is 3. The third kappa shape index (κ3) is 3.81. The summed E-state index contributed by atoms with van der Waals surface area (Å²) in [6.45, 7) is 0. The van der Waals surface area contributed by atoms with Gasteiger partial charge in [0.15, 0.2) is 0 Å². The molecule has 0 radical (unpaired) electrons. The number of aliphatic carboxylic acids is 1. The Kier molecular flexibility index (Phi) is 4.34. The van der Waals surface area contributed by atoms with Crippen LogP contribution in [0.4, 0.5) is 5.69 Å². The summed E-state index contributed by atoms with van der Waals surface area (Å²) >= 11 is 0. The second kappa shape index (κ2) is 6.18. The van der Waals surface area contributed by atoms with Crippen molar-refractivity contribution in [2.24, 2.45) is 0 Å². The maximum absolute atomic E-state index is 11.9. The second-order valence-electron chi connectivity index (χ2n) is 4.74. The first-order chi connectivity index (χ1) is 9.54. The topological polar surface area (TPSA) is 95.5 Å². The van der Waals surface area contributed by atoms with Crippen molar-refractivity contribution in [3.8, 4) is 0 Å². The Balaban J connectivity index is 1.95. The molecular formula is C14H16N2O4. The van der Waals surface area contributed by atoms with Gasteiger partial charge in [0.25, 0.3) is 0 Å². The summed E-state index contributed by atoms with van der Waals surface area (Å²) in [6, 6.07) is 6.58. The number of aryl methyl sites for hydroxylation is 1. The van der Waals surface area contributed by atoms with Crippen molar-refractivity contribution in [2.75, 3.05) is 5.32 Å². The lowest BCUT2D eigenvalue weighted by Gasteiger charge is -2.11. The zero-order chi connectivity index (χ0) is 14.5. The number of nitrogens with one attached hydrogen (secondary N) is 2. The molecule has 1 aromatic rings. The third-order valence-electron chi connectivity index (χ3n) is 3.13. The Morgan fingerprint density at radius 3 is 2.85 bits per heavy atom. The van der Waals surface area contributed by atoms with Gasteiger partial charge < -0.3 is 15.7 Å². The second-order valence-corrected chi connectivity index (χ2v) is 4.74. The molecule has 6 nitrogen and oxygen atoms in total. The van der Waals surface area contributed by atoms with E-state index in [0.717, 1.165) is 5.56 Å². The molecule has 0 saturated carbocycles. The van der Waals surface area contributed by atoms with Gasteiger partial charge in [0.1, 0.15) is 6.04 Å². The van der Waals surface area contributed by atoms with E-state index >= 15 is 0 Å². The molecule has 1 fully saturated rings. The van der Waals surface area contributed by atoms with Crippen molar-refractivity contribution in [1.29, 1.82) is 0 Å². The van der Waals surface area contributed by atoms with Crippen LogP contribution in [0.25, 0.3) is 0 Å². The first-order valence-corrected chi connectivity index (χ1v) is 6.45. The molecule has 0 aromatic heterocycles. The molecular weight excluding hydrogens is 260 g/mol. The molecule has 1 aliphatic heterocycles. The molecule has 1 aromatic carbocycles. The van der Waals surface area contributed by atoms with E-state index in [1.807, 2.05) is 6.07 Å². The molecule has 2 rings (SSSR count). The summed E-state index contributed by atoms with van der Waals surface area (Å²) in [5.74, 6) is -1.21. The van der Waals surface area contributed by atoms with Crippen LogP contribution < -0.4 is 10.6 Å². The zero-order valence-electron chi connectivity index (χ0n) is 10.9. The van der Waals surface area contributed by atoms with Crippen molar-refractivity contribution < 1.29 is 19.5 Å². The fraction of sp³-hybridized carbons (Fsp3) is 0.357. The van der Waals surface area contributed by atoms with Gasteiger partial charge in [-0.05, 0) is 30.5 Å². The maximum atomic E-state index is 11.9. The summed E-state index contributed by atoms with van der Waals surface area (Å²) in [6.07, 6.45) is 1.34. The number of rotatable bonds is 5. The monoisotopic (exact) mass is 276 g/mol. The fourth-order valence-corrected chi connectivity index (χ4v) is 2.10. The Labute approximate surface area is 116 Å². The van der Waals surface area contributed by atoms with Crippen LogP contribution in [0.2, 0.25) is 0 Å². The van der Waals surface area contributed by atoms with Crippen molar-refractivity contribution in [2.45, 2.75) is 31.7 Å². The number of carboxylic acids is 1. The molecule has 3 N–H and O–H groups in total. The van der Waals surface area contributed by atoms with E-state index in [1.165, 1.54) is 0 Å². The van der Waals surface area contributed by atoms with E-state index in [2.05, 4.69) is 10.6 Å². The van der Waals surface area contributed by atoms with E-state index in [9.17, 15) is 14.4 Å². The maximum Gasteiger partial charge on any atom is 0.303 e. The van der Waals surface area contributed by atoms with Crippen LogP contribution in [0.1, 0.15) is 24.8 Å². The lowest BCUT2D eigenvalue weighted by atomic mass is 10.1. The average molecular weight is 276 g/mol. The molecule has 1 unspecified atom stereocenters. The van der Waals surface area contributed by atoms with Crippen molar-refractivity contribution >= 4 is 23.5 Å². The molecule has 20 heavy (non-hydrogen) atoms. The van der Waals surface area contributed by atoms with E-state index in [-0.39, 0.29) is 18.2 Å². The summed E-state index contributed by atoms with van der Waals surface area (Å²) in [4.78, 5) is 33.5. The number of anilines is 1. The lowest BCUT2D eigenvalue weighted by molar-refractivity contribution is -0.137. The van der Waals surface area contributed by atoms with Crippen molar-refractivity contribution in [3.63, 3.8) is 0 Å². The van der Waals surface area contributed by atoms with Gasteiger partial charge in [-0.2, -0.15) is 0 Å². The van der Waals surface area contributed by atoms with E-state index < -0.39 is 12.0 Å². The van der Waals surface area contributed by atoms with Gasteiger partial charge in [-0.1, -0.05) is 12.1 Å². The van der Waals surface area contributed by atoms with Gasteiger partial charge in [-0.15, -0.1) is 0 Å². The van der Waals surface area contributed by atoms with Crippen LogP contribution in [0, 0.1) is 0 Å². The molecule has 2 amide bonds. The van der Waals surface area contributed by atoms with Gasteiger partial charge in [0, 0.05) is 18.5 Å². The number of carboxylic acid groups (broad SMARTS) is 1. The fourth-order valence-electron chi connectivity index (χ4n) is 2.10. The summed E-state index contributed by atoms with van der Waals surface area (Å²) < 4.78 is 0. The molecule has 1 aliphatic rings. The van der Waals surface area contributed by atoms with Gasteiger partial charge in [0.05, 0.1) is 0 Å². The quantitative estimate of drug-likeness (QED) is 0.745. The van der Waals surface area contributed by atoms with Crippen molar-refractivity contribution in [3.05, 3.63) is 29.8 Å². The van der Waals surface area contributed by atoms with Crippen LogP contribution in [0.15, 0.2) is 24.3 Å². The number of hydrogen-bond acceptors (Lipinski definition) is 3. The number of carbonyl (C=O) groups is 3. The average Bonchev–Trinajstić information content (AvgIpc) is 2.84. The summed E-state index contributed by atoms with van der Waals surface area (Å²) in [5.41, 5.74) is 1.46. The molecule has 1 atom stereocenters. The predicted octanol–water partition coefficient (Wildman–Crippen LogP) is 0.921. The highest BCUT2D eigenvalue weighted by atomic mass is 16.4. The highest BCUT2D eigenvalue weighted by Gasteiger charge is 2.27. The van der Waals surface area contributed by atoms with Crippen LogP contribution in [0.3, 0.4) is 0 Å². The largest absolute Gasteiger partial charge is 0.481 e. The van der Waals surface area contributed by atoms with Gasteiger partial charge in [-0.25, -0.2) is 0 Å². The summed E-state index contributed by atoms with van der Waals surface area (Å²) in [7, 11) is 0. The van der Waals surface area contributed by atoms with Gasteiger partial charge >= 0.3 is 5.97 Å². The minimum Gasteiger partial charge on any atom is -0.481 e. The Hall–Kier alpha value is -2.37. The Morgan fingerprint density at radius 1 is 1.40 bits per heavy atom. The standard InChI is InChI=1S/C14H16N2O4/c17-12-6-5-11(16-12)14(20)15-10-3-1-2-9(8-10)4-7-13(18)19/h1-3,8,11H,4-7H2,(H,15,20)(H,16,17)(H,18,19). The first kappa shape index (κ1) is 14.0. The van der Waals surface area contributed by atoms with Gasteiger partial charge in [0.2, 0.25) is 11.8 Å². The van der Waals surface area contributed by atoms with Crippen LogP contribution >= 0.6 is 0 Å². The minimum absolute atomic E-state index is 0.0517. The minimum atomic E-state index is -0.854. The molecule has 0 spiro atoms. The smallest absolute Gasteiger partial charge is 0.303 e. The predicted molar refractivity (Wildman–Crippen MR) is 72.2 cm³/mol. The molecule has 0 aliphatic carbocycles. The van der Waals surface area contributed by atoms with Crippen molar-refractivity contribution in [1.82, 2.24) is 5.32 Å². The SMILES string of the molecule is O=C(O)CCc1cccc(NC(=O)C2CCC(=O)N2)c1. The lowest BCUT2D eigenvalue weighted by Crippen LogP contribution is -2.37. The first-order valence-electron chi connectivity index (χ1n) is 6.45. The zero-order valence-corrected chi connectivity index (χ0v) is 10.9. The van der Waals surface area contributed by atoms with Crippen LogP contribution in [-0.2, 0) is 20.8 Å². The Bertz CT molecular complexity index is 542.